The Morgan fingerprint density at radius 3 is 2.88 bits per heavy atom. The van der Waals surface area contributed by atoms with Crippen LogP contribution in [0.4, 0.5) is 0 Å². The van der Waals surface area contributed by atoms with Crippen molar-refractivity contribution in [3.8, 4) is 11.9 Å². The van der Waals surface area contributed by atoms with Gasteiger partial charge in [0.15, 0.2) is 0 Å². The van der Waals surface area contributed by atoms with E-state index in [0.717, 1.165) is 0 Å². The molecule has 0 bridgehead atoms. The van der Waals surface area contributed by atoms with E-state index in [2.05, 4.69) is 10.2 Å². The van der Waals surface area contributed by atoms with Crippen LogP contribution >= 0.6 is 0 Å². The van der Waals surface area contributed by atoms with Gasteiger partial charge in [-0.05, 0) is 0 Å². The van der Waals surface area contributed by atoms with Crippen LogP contribution in [0, 0.1) is 16.7 Å². The van der Waals surface area contributed by atoms with Crippen molar-refractivity contribution in [3.05, 3.63) is 11.3 Å². The summed E-state index contributed by atoms with van der Waals surface area (Å²) in [7, 11) is 3.39. The van der Waals surface area contributed by atoms with E-state index in [9.17, 15) is 0 Å². The molecule has 0 atom stereocenters. The third-order valence-corrected chi connectivity index (χ3v) is 1.86. The minimum atomic E-state index is -0.155. The lowest BCUT2D eigenvalue weighted by atomic mass is 10.2. The summed E-state index contributed by atoms with van der Waals surface area (Å²) in [5.74, 6) is 0.251. The molecule has 0 aliphatic rings. The standard InChI is InChI=1S/C9H13N5O2/c1-14(2)8(11)7-6(5-10)9(13-12-7)16-4-3-15/h11,15H,3-4H2,1-2H3,(H,12,13). The molecule has 0 fully saturated rings. The van der Waals surface area contributed by atoms with E-state index in [-0.39, 0.29) is 30.5 Å². The van der Waals surface area contributed by atoms with E-state index < -0.39 is 0 Å². The van der Waals surface area contributed by atoms with E-state index in [1.807, 2.05) is 6.07 Å². The van der Waals surface area contributed by atoms with Gasteiger partial charge in [-0.1, -0.05) is 0 Å². The largest absolute Gasteiger partial charge is 0.473 e. The third-order valence-electron chi connectivity index (χ3n) is 1.86. The van der Waals surface area contributed by atoms with Gasteiger partial charge in [-0.3, -0.25) is 10.5 Å². The molecule has 3 N–H and O–H groups in total. The summed E-state index contributed by atoms with van der Waals surface area (Å²) in [6.07, 6.45) is 0. The molecule has 0 amide bonds. The third kappa shape index (κ3) is 2.29. The Hall–Kier alpha value is -2.07. The second kappa shape index (κ2) is 5.14. The molecule has 0 saturated carbocycles. The number of H-pyrrole nitrogens is 1. The van der Waals surface area contributed by atoms with Crippen LogP contribution in [-0.4, -0.2) is 53.3 Å². The lowest BCUT2D eigenvalue weighted by Crippen LogP contribution is -2.23. The number of amidine groups is 1. The van der Waals surface area contributed by atoms with E-state index >= 15 is 0 Å². The average molecular weight is 223 g/mol. The van der Waals surface area contributed by atoms with Crippen LogP contribution in [0.25, 0.3) is 0 Å². The van der Waals surface area contributed by atoms with Gasteiger partial charge in [0.1, 0.15) is 29.8 Å². The number of aliphatic hydroxyl groups excluding tert-OH is 1. The summed E-state index contributed by atoms with van der Waals surface area (Å²) in [6.45, 7) is -0.0908. The second-order valence-corrected chi connectivity index (χ2v) is 3.21. The molecule has 0 spiro atoms. The van der Waals surface area contributed by atoms with Gasteiger partial charge in [0.25, 0.3) is 5.88 Å². The van der Waals surface area contributed by atoms with Crippen LogP contribution in [0.1, 0.15) is 11.3 Å². The molecule has 0 aliphatic carbocycles. The zero-order valence-electron chi connectivity index (χ0n) is 9.11. The Labute approximate surface area is 92.8 Å². The van der Waals surface area contributed by atoms with Crippen LogP contribution in [0.3, 0.4) is 0 Å². The molecule has 16 heavy (non-hydrogen) atoms. The highest BCUT2D eigenvalue weighted by molar-refractivity contribution is 5.96. The predicted octanol–water partition coefficient (Wildman–Crippen LogP) is -0.461. The summed E-state index contributed by atoms with van der Waals surface area (Å²) < 4.78 is 5.06. The van der Waals surface area contributed by atoms with Crippen molar-refractivity contribution in [2.24, 2.45) is 0 Å². The number of aliphatic hydroxyl groups is 1. The lowest BCUT2D eigenvalue weighted by molar-refractivity contribution is 0.196. The van der Waals surface area contributed by atoms with Crippen molar-refractivity contribution in [2.75, 3.05) is 27.3 Å². The Kier molecular flexibility index (Phi) is 3.85. The van der Waals surface area contributed by atoms with Crippen molar-refractivity contribution in [1.29, 1.82) is 10.7 Å². The SMILES string of the molecule is CN(C)C(=N)c1[nH]nc(OCCO)c1C#N. The molecule has 0 radical (unpaired) electrons. The highest BCUT2D eigenvalue weighted by atomic mass is 16.5. The van der Waals surface area contributed by atoms with Crippen LogP contribution in [0.5, 0.6) is 5.88 Å². The number of aromatic amines is 1. The molecular formula is C9H13N5O2. The molecule has 7 heteroatoms. The molecule has 7 nitrogen and oxygen atoms in total. The summed E-state index contributed by atoms with van der Waals surface area (Å²) >= 11 is 0. The first-order valence-electron chi connectivity index (χ1n) is 4.60. The molecule has 1 heterocycles. The first-order chi connectivity index (χ1) is 7.61. The first kappa shape index (κ1) is 12.0. The van der Waals surface area contributed by atoms with Gasteiger partial charge in [0, 0.05) is 14.1 Å². The zero-order valence-corrected chi connectivity index (χ0v) is 9.11. The molecule has 0 aromatic carbocycles. The second-order valence-electron chi connectivity index (χ2n) is 3.21. The van der Waals surface area contributed by atoms with Crippen molar-refractivity contribution in [1.82, 2.24) is 15.1 Å². The van der Waals surface area contributed by atoms with Gasteiger partial charge in [-0.15, -0.1) is 5.10 Å². The molecule has 0 aliphatic heterocycles. The number of nitrogens with zero attached hydrogens (tertiary/aromatic N) is 3. The fraction of sp³-hybridized carbons (Fsp3) is 0.444. The van der Waals surface area contributed by atoms with Gasteiger partial charge < -0.3 is 14.7 Å². The Bertz CT molecular complexity index is 418. The van der Waals surface area contributed by atoms with Crippen LogP contribution in [-0.2, 0) is 0 Å². The zero-order chi connectivity index (χ0) is 12.1. The number of nitriles is 1. The maximum Gasteiger partial charge on any atom is 0.251 e. The lowest BCUT2D eigenvalue weighted by Gasteiger charge is -2.11. The average Bonchev–Trinajstić information content (AvgIpc) is 2.67. The molecule has 0 saturated heterocycles. The number of hydrogen-bond acceptors (Lipinski definition) is 5. The summed E-state index contributed by atoms with van der Waals surface area (Å²) in [5.41, 5.74) is 0.479. The minimum absolute atomic E-state index is 0.0638. The molecule has 1 rings (SSSR count). The van der Waals surface area contributed by atoms with Gasteiger partial charge in [0.2, 0.25) is 0 Å². The van der Waals surface area contributed by atoms with E-state index in [0.29, 0.717) is 5.69 Å². The van der Waals surface area contributed by atoms with Gasteiger partial charge >= 0.3 is 0 Å². The van der Waals surface area contributed by atoms with Crippen molar-refractivity contribution >= 4 is 5.84 Å². The van der Waals surface area contributed by atoms with Gasteiger partial charge in [-0.2, -0.15) is 5.26 Å². The van der Waals surface area contributed by atoms with E-state index in [1.165, 1.54) is 0 Å². The summed E-state index contributed by atoms with van der Waals surface area (Å²) in [6, 6.07) is 1.92. The summed E-state index contributed by atoms with van der Waals surface area (Å²) in [4.78, 5) is 1.55. The molecule has 1 aromatic heterocycles. The maximum atomic E-state index is 8.95. The number of nitrogens with one attached hydrogen (secondary N) is 2. The fourth-order valence-electron chi connectivity index (χ4n) is 1.07. The van der Waals surface area contributed by atoms with Crippen LogP contribution in [0.15, 0.2) is 0 Å². The fourth-order valence-corrected chi connectivity index (χ4v) is 1.07. The van der Waals surface area contributed by atoms with E-state index in [4.69, 9.17) is 20.5 Å². The van der Waals surface area contributed by atoms with Gasteiger partial charge in [-0.25, -0.2) is 0 Å². The van der Waals surface area contributed by atoms with Crippen molar-refractivity contribution < 1.29 is 9.84 Å². The number of hydrogen-bond donors (Lipinski definition) is 3. The Morgan fingerprint density at radius 2 is 2.38 bits per heavy atom. The number of aromatic nitrogens is 2. The minimum Gasteiger partial charge on any atom is -0.473 e. The molecule has 1 aromatic rings. The smallest absolute Gasteiger partial charge is 0.251 e. The first-order valence-corrected chi connectivity index (χ1v) is 4.60. The van der Waals surface area contributed by atoms with E-state index in [1.54, 1.807) is 19.0 Å². The molecular weight excluding hydrogens is 210 g/mol. The molecule has 86 valence electrons. The Balaban J connectivity index is 3.00. The van der Waals surface area contributed by atoms with Crippen LogP contribution < -0.4 is 4.74 Å². The topological polar surface area (TPSA) is 109 Å². The van der Waals surface area contributed by atoms with Crippen LogP contribution in [0.2, 0.25) is 0 Å². The number of rotatable bonds is 4. The Morgan fingerprint density at radius 1 is 1.69 bits per heavy atom. The van der Waals surface area contributed by atoms with Gasteiger partial charge in [0.05, 0.1) is 6.61 Å². The van der Waals surface area contributed by atoms with Crippen molar-refractivity contribution in [2.45, 2.75) is 0 Å². The quantitative estimate of drug-likeness (QED) is 0.472. The summed E-state index contributed by atoms with van der Waals surface area (Å²) in [5, 5.41) is 31.6. The highest BCUT2D eigenvalue weighted by Gasteiger charge is 2.18. The normalized spacial score (nSPS) is 9.62. The molecule has 0 unspecified atom stereocenters. The maximum absolute atomic E-state index is 8.95. The predicted molar refractivity (Wildman–Crippen MR) is 56.4 cm³/mol. The highest BCUT2D eigenvalue weighted by Crippen LogP contribution is 2.18. The number of ether oxygens (including phenoxy) is 1. The van der Waals surface area contributed by atoms with Crippen molar-refractivity contribution in [3.63, 3.8) is 0 Å². The monoisotopic (exact) mass is 223 g/mol.